The van der Waals surface area contributed by atoms with Crippen molar-refractivity contribution in [2.75, 3.05) is 18.4 Å². The number of amides is 3. The van der Waals surface area contributed by atoms with Gasteiger partial charge in [-0.3, -0.25) is 14.4 Å². The molecule has 2 aliphatic rings. The second-order valence-corrected chi connectivity index (χ2v) is 9.79. The molecule has 2 heterocycles. The number of hydrogen-bond donors (Lipinski definition) is 2. The van der Waals surface area contributed by atoms with Crippen molar-refractivity contribution < 1.29 is 27.5 Å². The maximum atomic E-state index is 12.9. The van der Waals surface area contributed by atoms with Crippen LogP contribution in [-0.4, -0.2) is 50.2 Å². The zero-order chi connectivity index (χ0) is 22.2. The van der Waals surface area contributed by atoms with E-state index in [9.17, 15) is 22.8 Å². The molecule has 0 radical (unpaired) electrons. The fourth-order valence-electron chi connectivity index (χ4n) is 3.71. The number of carbonyl (C=O) groups is 3. The van der Waals surface area contributed by atoms with Crippen LogP contribution in [-0.2, 0) is 24.4 Å². The van der Waals surface area contributed by atoms with E-state index in [-0.39, 0.29) is 28.4 Å². The van der Waals surface area contributed by atoms with Crippen LogP contribution in [0.1, 0.15) is 39.2 Å². The van der Waals surface area contributed by atoms with E-state index < -0.39 is 28.0 Å². The third-order valence-electron chi connectivity index (χ3n) is 5.49. The van der Waals surface area contributed by atoms with Gasteiger partial charge in [-0.2, -0.15) is 0 Å². The van der Waals surface area contributed by atoms with E-state index >= 15 is 0 Å². The first-order chi connectivity index (χ1) is 14.0. The SMILES string of the molecule is CC(=O)N1CCC(C(=O)NS(=O)(=O)c2cc3c(cc2C)NC(=O)C(C(C)C)O3)CC1. The molecule has 3 rings (SSSR count). The molecule has 1 saturated heterocycles. The van der Waals surface area contributed by atoms with Gasteiger partial charge >= 0.3 is 0 Å². The summed E-state index contributed by atoms with van der Waals surface area (Å²) in [6.07, 6.45) is 0.0989. The smallest absolute Gasteiger partial charge is 0.265 e. The van der Waals surface area contributed by atoms with E-state index in [1.807, 2.05) is 13.8 Å². The quantitative estimate of drug-likeness (QED) is 0.735. The van der Waals surface area contributed by atoms with Crippen molar-refractivity contribution in [1.29, 1.82) is 0 Å². The average molecular weight is 438 g/mol. The molecule has 1 fully saturated rings. The van der Waals surface area contributed by atoms with Crippen LogP contribution in [0.3, 0.4) is 0 Å². The molecule has 0 aromatic heterocycles. The van der Waals surface area contributed by atoms with E-state index in [1.165, 1.54) is 19.1 Å². The zero-order valence-electron chi connectivity index (χ0n) is 17.5. The Morgan fingerprint density at radius 2 is 1.87 bits per heavy atom. The number of carbonyl (C=O) groups excluding carboxylic acids is 3. The largest absolute Gasteiger partial charge is 0.478 e. The first-order valence-electron chi connectivity index (χ1n) is 9.94. The molecule has 9 nitrogen and oxygen atoms in total. The molecule has 0 aliphatic carbocycles. The van der Waals surface area contributed by atoms with Crippen molar-refractivity contribution in [3.05, 3.63) is 17.7 Å². The second-order valence-electron chi connectivity index (χ2n) is 8.14. The van der Waals surface area contributed by atoms with Gasteiger partial charge in [0.05, 0.1) is 10.6 Å². The number of benzene rings is 1. The Morgan fingerprint density at radius 3 is 2.43 bits per heavy atom. The highest BCUT2D eigenvalue weighted by Gasteiger charge is 2.33. The summed E-state index contributed by atoms with van der Waals surface area (Å²) in [5, 5.41) is 2.74. The Balaban J connectivity index is 1.78. The summed E-state index contributed by atoms with van der Waals surface area (Å²) >= 11 is 0. The van der Waals surface area contributed by atoms with Crippen LogP contribution >= 0.6 is 0 Å². The normalized spacial score (nSPS) is 19.7. The summed E-state index contributed by atoms with van der Waals surface area (Å²) in [4.78, 5) is 37.7. The summed E-state index contributed by atoms with van der Waals surface area (Å²) in [7, 11) is -4.13. The van der Waals surface area contributed by atoms with Crippen molar-refractivity contribution >= 4 is 33.4 Å². The van der Waals surface area contributed by atoms with Gasteiger partial charge in [-0.05, 0) is 37.3 Å². The highest BCUT2D eigenvalue weighted by atomic mass is 32.2. The summed E-state index contributed by atoms with van der Waals surface area (Å²) in [5.74, 6) is -1.24. The lowest BCUT2D eigenvalue weighted by Crippen LogP contribution is -2.43. The molecule has 1 unspecified atom stereocenters. The predicted octanol–water partition coefficient (Wildman–Crippen LogP) is 1.41. The van der Waals surface area contributed by atoms with Gasteiger partial charge in [0, 0.05) is 32.0 Å². The molecule has 1 aromatic rings. The zero-order valence-corrected chi connectivity index (χ0v) is 18.3. The molecule has 1 aromatic carbocycles. The van der Waals surface area contributed by atoms with Crippen LogP contribution in [0.5, 0.6) is 5.75 Å². The number of ether oxygens (including phenoxy) is 1. The maximum absolute atomic E-state index is 12.9. The number of fused-ring (bicyclic) bond motifs is 1. The molecular formula is C20H27N3O6S. The Labute approximate surface area is 176 Å². The van der Waals surface area contributed by atoms with Crippen LogP contribution in [0.2, 0.25) is 0 Å². The van der Waals surface area contributed by atoms with E-state index in [1.54, 1.807) is 11.8 Å². The fourth-order valence-corrected chi connectivity index (χ4v) is 5.00. The Kier molecular flexibility index (Phi) is 6.07. The topological polar surface area (TPSA) is 122 Å². The highest BCUT2D eigenvalue weighted by molar-refractivity contribution is 7.90. The number of piperidine rings is 1. The molecule has 1 atom stereocenters. The molecule has 2 aliphatic heterocycles. The first kappa shape index (κ1) is 22.1. The minimum Gasteiger partial charge on any atom is -0.478 e. The summed E-state index contributed by atoms with van der Waals surface area (Å²) < 4.78 is 33.7. The van der Waals surface area contributed by atoms with Crippen molar-refractivity contribution in [3.8, 4) is 5.75 Å². The number of sulfonamides is 1. The Morgan fingerprint density at radius 1 is 1.23 bits per heavy atom. The van der Waals surface area contributed by atoms with E-state index in [0.29, 0.717) is 37.2 Å². The van der Waals surface area contributed by atoms with Crippen molar-refractivity contribution in [3.63, 3.8) is 0 Å². The third-order valence-corrected chi connectivity index (χ3v) is 6.98. The molecule has 10 heteroatoms. The number of hydrogen-bond acceptors (Lipinski definition) is 6. The lowest BCUT2D eigenvalue weighted by Gasteiger charge is -2.30. The molecule has 0 spiro atoms. The van der Waals surface area contributed by atoms with Gasteiger partial charge in [0.25, 0.3) is 15.9 Å². The van der Waals surface area contributed by atoms with Crippen molar-refractivity contribution in [2.45, 2.75) is 51.5 Å². The Hall–Kier alpha value is -2.62. The first-order valence-corrected chi connectivity index (χ1v) is 11.4. The lowest BCUT2D eigenvalue weighted by atomic mass is 9.96. The van der Waals surface area contributed by atoms with Gasteiger partial charge < -0.3 is 15.0 Å². The van der Waals surface area contributed by atoms with Gasteiger partial charge in [0.15, 0.2) is 6.10 Å². The van der Waals surface area contributed by atoms with Gasteiger partial charge in [0.2, 0.25) is 11.8 Å². The van der Waals surface area contributed by atoms with Crippen LogP contribution < -0.4 is 14.8 Å². The maximum Gasteiger partial charge on any atom is 0.265 e. The summed E-state index contributed by atoms with van der Waals surface area (Å²) in [6, 6.07) is 2.86. The van der Waals surface area contributed by atoms with Crippen molar-refractivity contribution in [2.24, 2.45) is 11.8 Å². The number of likely N-dealkylation sites (tertiary alicyclic amines) is 1. The lowest BCUT2D eigenvalue weighted by molar-refractivity contribution is -0.133. The van der Waals surface area contributed by atoms with E-state index in [2.05, 4.69) is 10.0 Å². The molecule has 3 amide bonds. The number of rotatable bonds is 4. The summed E-state index contributed by atoms with van der Waals surface area (Å²) in [5.41, 5.74) is 0.781. The van der Waals surface area contributed by atoms with Crippen LogP contribution in [0.4, 0.5) is 5.69 Å². The number of anilines is 1. The highest BCUT2D eigenvalue weighted by Crippen LogP contribution is 2.35. The third kappa shape index (κ3) is 4.43. The number of nitrogens with one attached hydrogen (secondary N) is 2. The summed E-state index contributed by atoms with van der Waals surface area (Å²) in [6.45, 7) is 7.58. The molecule has 0 saturated carbocycles. The average Bonchev–Trinajstić information content (AvgIpc) is 2.66. The minimum absolute atomic E-state index is 0.0574. The van der Waals surface area contributed by atoms with Gasteiger partial charge in [-0.1, -0.05) is 13.8 Å². The fraction of sp³-hybridized carbons (Fsp3) is 0.550. The van der Waals surface area contributed by atoms with Crippen LogP contribution in [0.25, 0.3) is 0 Å². The molecule has 164 valence electrons. The van der Waals surface area contributed by atoms with Crippen LogP contribution in [0, 0.1) is 18.8 Å². The second kappa shape index (κ2) is 8.25. The van der Waals surface area contributed by atoms with E-state index in [4.69, 9.17) is 4.74 Å². The van der Waals surface area contributed by atoms with Gasteiger partial charge in [-0.15, -0.1) is 0 Å². The molecule has 0 bridgehead atoms. The van der Waals surface area contributed by atoms with Crippen molar-refractivity contribution in [1.82, 2.24) is 9.62 Å². The Bertz CT molecular complexity index is 981. The standard InChI is InChI=1S/C20H27N3O6S/c1-11(2)18-20(26)21-15-9-12(3)17(10-16(15)29-18)30(27,28)22-19(25)14-5-7-23(8-6-14)13(4)24/h9-11,14,18H,5-8H2,1-4H3,(H,21,26)(H,22,25). The van der Waals surface area contributed by atoms with E-state index in [0.717, 1.165) is 0 Å². The predicted molar refractivity (Wildman–Crippen MR) is 109 cm³/mol. The monoisotopic (exact) mass is 437 g/mol. The van der Waals surface area contributed by atoms with Gasteiger partial charge in [0.1, 0.15) is 5.75 Å². The van der Waals surface area contributed by atoms with Crippen LogP contribution in [0.15, 0.2) is 17.0 Å². The number of nitrogens with zero attached hydrogens (tertiary/aromatic N) is 1. The molecule has 2 N–H and O–H groups in total. The minimum atomic E-state index is -4.13. The number of aryl methyl sites for hydroxylation is 1. The molecular weight excluding hydrogens is 410 g/mol. The van der Waals surface area contributed by atoms with Gasteiger partial charge in [-0.25, -0.2) is 13.1 Å². The molecule has 30 heavy (non-hydrogen) atoms.